The lowest BCUT2D eigenvalue weighted by atomic mass is 9.98. The fourth-order valence-electron chi connectivity index (χ4n) is 1.87. The first-order valence-electron chi connectivity index (χ1n) is 6.67. The molecule has 0 radical (unpaired) electrons. The van der Waals surface area contributed by atoms with E-state index in [0.29, 0.717) is 12.8 Å². The number of rotatable bonds is 4. The van der Waals surface area contributed by atoms with Gasteiger partial charge in [-0.2, -0.15) is 0 Å². The summed E-state index contributed by atoms with van der Waals surface area (Å²) in [5.41, 5.74) is 0.471. The van der Waals surface area contributed by atoms with Crippen LogP contribution in [-0.2, 0) is 4.74 Å². The molecule has 0 bridgehead atoms. The van der Waals surface area contributed by atoms with E-state index in [4.69, 9.17) is 4.74 Å². The predicted octanol–water partition coefficient (Wildman–Crippen LogP) is 2.82. The van der Waals surface area contributed by atoms with E-state index in [9.17, 15) is 14.9 Å². The number of hydrogen-bond donors (Lipinski definition) is 1. The van der Waals surface area contributed by atoms with Gasteiger partial charge in [-0.15, -0.1) is 0 Å². The fourth-order valence-corrected chi connectivity index (χ4v) is 1.87. The quantitative estimate of drug-likeness (QED) is 0.635. The molecule has 0 aliphatic heterocycles. The van der Waals surface area contributed by atoms with Gasteiger partial charge in [0.15, 0.2) is 0 Å². The molecule has 0 heterocycles. The molecule has 0 fully saturated rings. The minimum Gasteiger partial charge on any atom is -0.444 e. The maximum atomic E-state index is 11.6. The maximum absolute atomic E-state index is 11.6. The van der Waals surface area contributed by atoms with E-state index < -0.39 is 17.7 Å². The largest absolute Gasteiger partial charge is 0.444 e. The lowest BCUT2D eigenvalue weighted by molar-refractivity contribution is -0.508. The van der Waals surface area contributed by atoms with Crippen molar-refractivity contribution in [3.05, 3.63) is 33.9 Å². The smallest absolute Gasteiger partial charge is 0.407 e. The number of allylic oxidation sites excluding steroid dienone is 1. The van der Waals surface area contributed by atoms with Crippen molar-refractivity contribution in [3.63, 3.8) is 0 Å². The Morgan fingerprint density at radius 2 is 2.25 bits per heavy atom. The molecule has 20 heavy (non-hydrogen) atoms. The van der Waals surface area contributed by atoms with E-state index >= 15 is 0 Å². The molecule has 0 saturated carbocycles. The third-order valence-corrected chi connectivity index (χ3v) is 2.73. The number of carbonyl (C=O) groups is 1. The Morgan fingerprint density at radius 1 is 1.60 bits per heavy atom. The summed E-state index contributed by atoms with van der Waals surface area (Å²) in [7, 11) is 0. The maximum Gasteiger partial charge on any atom is 0.407 e. The van der Waals surface area contributed by atoms with Gasteiger partial charge in [0.1, 0.15) is 5.60 Å². The zero-order valence-corrected chi connectivity index (χ0v) is 12.4. The average Bonchev–Trinajstić information content (AvgIpc) is 2.26. The van der Waals surface area contributed by atoms with Crippen molar-refractivity contribution in [2.24, 2.45) is 0 Å². The van der Waals surface area contributed by atoms with Crippen LogP contribution in [0.2, 0.25) is 0 Å². The molecule has 1 rings (SSSR count). The average molecular weight is 282 g/mol. The first-order valence-corrected chi connectivity index (χ1v) is 6.67. The van der Waals surface area contributed by atoms with Gasteiger partial charge in [-0.05, 0) is 45.8 Å². The van der Waals surface area contributed by atoms with Crippen molar-refractivity contribution in [2.75, 3.05) is 0 Å². The molecule has 1 unspecified atom stereocenters. The molecular weight excluding hydrogens is 260 g/mol. The first-order chi connectivity index (χ1) is 9.17. The molecule has 0 aromatic carbocycles. The van der Waals surface area contributed by atoms with Crippen LogP contribution in [0.4, 0.5) is 4.79 Å². The van der Waals surface area contributed by atoms with Crippen LogP contribution in [-0.4, -0.2) is 28.7 Å². The van der Waals surface area contributed by atoms with Crippen molar-refractivity contribution in [1.29, 1.82) is 0 Å². The lowest BCUT2D eigenvalue weighted by Crippen LogP contribution is -2.37. The van der Waals surface area contributed by atoms with E-state index in [-0.39, 0.29) is 11.0 Å². The van der Waals surface area contributed by atoms with Gasteiger partial charge in [0.2, 0.25) is 6.04 Å². The summed E-state index contributed by atoms with van der Waals surface area (Å²) < 4.78 is 5.17. The highest BCUT2D eigenvalue weighted by molar-refractivity contribution is 5.68. The van der Waals surface area contributed by atoms with Gasteiger partial charge < -0.3 is 10.1 Å². The molecule has 0 aromatic rings. The topological polar surface area (TPSA) is 81.5 Å². The van der Waals surface area contributed by atoms with Gasteiger partial charge in [0.05, 0.1) is 0 Å². The third kappa shape index (κ3) is 5.86. The number of nitrogens with one attached hydrogen (secondary N) is 1. The minimum atomic E-state index is -0.632. The van der Waals surface area contributed by atoms with E-state index in [1.807, 2.05) is 13.0 Å². The van der Waals surface area contributed by atoms with Crippen LogP contribution in [0.5, 0.6) is 0 Å². The van der Waals surface area contributed by atoms with E-state index in [1.54, 1.807) is 32.9 Å². The van der Waals surface area contributed by atoms with Gasteiger partial charge in [0, 0.05) is 17.4 Å². The van der Waals surface area contributed by atoms with Crippen molar-refractivity contribution in [2.45, 2.75) is 58.2 Å². The summed E-state index contributed by atoms with van der Waals surface area (Å²) in [6.07, 6.45) is 5.77. The second kappa shape index (κ2) is 6.54. The summed E-state index contributed by atoms with van der Waals surface area (Å²) in [6, 6.07) is -0.722. The third-order valence-electron chi connectivity index (χ3n) is 2.73. The zero-order valence-electron chi connectivity index (χ0n) is 12.4. The molecular formula is C14H22N2O4. The van der Waals surface area contributed by atoms with Crippen molar-refractivity contribution >= 4 is 6.09 Å². The summed E-state index contributed by atoms with van der Waals surface area (Å²) in [5, 5.41) is 13.4. The molecule has 1 aliphatic rings. The highest BCUT2D eigenvalue weighted by Crippen LogP contribution is 2.17. The first kappa shape index (κ1) is 16.2. The number of alkyl carbamates (subject to hydrolysis) is 1. The van der Waals surface area contributed by atoms with Crippen LogP contribution < -0.4 is 5.32 Å². The van der Waals surface area contributed by atoms with Crippen molar-refractivity contribution in [1.82, 2.24) is 5.32 Å². The fraction of sp³-hybridized carbons (Fsp3) is 0.643. The Hall–Kier alpha value is -1.85. The van der Waals surface area contributed by atoms with Crippen LogP contribution in [0.25, 0.3) is 0 Å². The summed E-state index contributed by atoms with van der Waals surface area (Å²) >= 11 is 0. The molecule has 0 saturated heterocycles. The van der Waals surface area contributed by atoms with E-state index in [0.717, 1.165) is 5.57 Å². The number of ether oxygens (including phenoxy) is 1. The Labute approximate surface area is 119 Å². The van der Waals surface area contributed by atoms with Crippen LogP contribution in [0, 0.1) is 10.1 Å². The summed E-state index contributed by atoms with van der Waals surface area (Å²) in [6.45, 7) is 7.29. The Morgan fingerprint density at radius 3 is 2.70 bits per heavy atom. The Balaban J connectivity index is 2.41. The molecule has 1 N–H and O–H groups in total. The zero-order chi connectivity index (χ0) is 15.3. The van der Waals surface area contributed by atoms with Gasteiger partial charge >= 0.3 is 6.09 Å². The van der Waals surface area contributed by atoms with Gasteiger partial charge in [-0.25, -0.2) is 4.79 Å². The van der Waals surface area contributed by atoms with Crippen molar-refractivity contribution < 1.29 is 14.5 Å². The minimum absolute atomic E-state index is 0.0899. The highest BCUT2D eigenvalue weighted by Gasteiger charge is 2.20. The van der Waals surface area contributed by atoms with E-state index in [1.165, 1.54) is 0 Å². The van der Waals surface area contributed by atoms with Crippen LogP contribution in [0.3, 0.4) is 0 Å². The summed E-state index contributed by atoms with van der Waals surface area (Å²) in [5.74, 6) is 0. The van der Waals surface area contributed by atoms with E-state index in [2.05, 4.69) is 5.32 Å². The predicted molar refractivity (Wildman–Crippen MR) is 76.1 cm³/mol. The molecule has 6 nitrogen and oxygen atoms in total. The Bertz CT molecular complexity index is 435. The second-order valence-electron chi connectivity index (χ2n) is 5.98. The van der Waals surface area contributed by atoms with Crippen molar-refractivity contribution in [3.8, 4) is 0 Å². The number of carbonyl (C=O) groups excluding carboxylic acids is 1. The van der Waals surface area contributed by atoms with Crippen LogP contribution in [0.1, 0.15) is 40.5 Å². The molecule has 1 amide bonds. The van der Waals surface area contributed by atoms with Gasteiger partial charge in [-0.1, -0.05) is 12.2 Å². The molecule has 0 spiro atoms. The highest BCUT2D eigenvalue weighted by atomic mass is 16.6. The number of amides is 1. The SMILES string of the molecule is C[C@H](CC1=CCC([N+](=O)[O-])C=C1)NC(=O)OC(C)(C)C. The number of nitro groups is 1. The second-order valence-corrected chi connectivity index (χ2v) is 5.98. The summed E-state index contributed by atoms with van der Waals surface area (Å²) in [4.78, 5) is 21.9. The lowest BCUT2D eigenvalue weighted by Gasteiger charge is -2.22. The van der Waals surface area contributed by atoms with Crippen LogP contribution >= 0.6 is 0 Å². The standard InChI is InChI=1S/C14H22N2O4/c1-10(15-13(17)20-14(2,3)4)9-11-5-7-12(8-6-11)16(18)19/h5-7,10,12H,8-9H2,1-4H3,(H,15,17)/t10-,12?/m1/s1. The molecule has 6 heteroatoms. The normalized spacial score (nSPS) is 20.0. The van der Waals surface area contributed by atoms with Gasteiger partial charge in [-0.3, -0.25) is 10.1 Å². The number of nitrogens with zero attached hydrogens (tertiary/aromatic N) is 1. The molecule has 112 valence electrons. The molecule has 2 atom stereocenters. The van der Waals surface area contributed by atoms with Crippen LogP contribution in [0.15, 0.2) is 23.8 Å². The molecule has 0 aromatic heterocycles. The van der Waals surface area contributed by atoms with Gasteiger partial charge in [0.25, 0.3) is 0 Å². The monoisotopic (exact) mass is 282 g/mol. The number of hydrogen-bond acceptors (Lipinski definition) is 4. The molecule has 1 aliphatic carbocycles. The Kier molecular flexibility index (Phi) is 5.30.